The van der Waals surface area contributed by atoms with Gasteiger partial charge in [-0.2, -0.15) is 0 Å². The zero-order chi connectivity index (χ0) is 10.7. The highest BCUT2D eigenvalue weighted by atomic mass is 32.2. The van der Waals surface area contributed by atoms with E-state index in [9.17, 15) is 0 Å². The topological polar surface area (TPSA) is 9.23 Å². The minimum Gasteiger partial charge on any atom is -0.373 e. The minimum absolute atomic E-state index is 0.520. The molecule has 0 radical (unpaired) electrons. The molecule has 0 aromatic heterocycles. The molecule has 0 bridgehead atoms. The average Bonchev–Trinajstić information content (AvgIpc) is 2.30. The summed E-state index contributed by atoms with van der Waals surface area (Å²) in [5.41, 5.74) is 0. The molecule has 2 heterocycles. The van der Waals surface area contributed by atoms with Crippen LogP contribution in [-0.4, -0.2) is 28.3 Å². The molecule has 0 amide bonds. The molecular formula is C12H22OS2. The van der Waals surface area contributed by atoms with Gasteiger partial charge in [-0.1, -0.05) is 13.8 Å². The van der Waals surface area contributed by atoms with Crippen LogP contribution < -0.4 is 0 Å². The Morgan fingerprint density at radius 1 is 1.07 bits per heavy atom. The SMILES string of the molecule is CC(C)C1CCCC(C2SCCCS2)O1. The van der Waals surface area contributed by atoms with Crippen LogP contribution in [0, 0.1) is 5.92 Å². The van der Waals surface area contributed by atoms with E-state index in [1.807, 2.05) is 0 Å². The van der Waals surface area contributed by atoms with Crippen molar-refractivity contribution in [3.05, 3.63) is 0 Å². The van der Waals surface area contributed by atoms with Crippen LogP contribution in [0.1, 0.15) is 39.5 Å². The van der Waals surface area contributed by atoms with Gasteiger partial charge in [-0.25, -0.2) is 0 Å². The van der Waals surface area contributed by atoms with E-state index in [1.54, 1.807) is 0 Å². The van der Waals surface area contributed by atoms with Gasteiger partial charge in [0.25, 0.3) is 0 Å². The summed E-state index contributed by atoms with van der Waals surface area (Å²) in [4.78, 5) is 0. The van der Waals surface area contributed by atoms with E-state index >= 15 is 0 Å². The fraction of sp³-hybridized carbons (Fsp3) is 1.00. The maximum Gasteiger partial charge on any atom is 0.0789 e. The van der Waals surface area contributed by atoms with Crippen LogP contribution in [0.3, 0.4) is 0 Å². The summed E-state index contributed by atoms with van der Waals surface area (Å²) in [6.07, 6.45) is 6.36. The molecule has 2 atom stereocenters. The van der Waals surface area contributed by atoms with E-state index in [0.717, 1.165) is 4.58 Å². The molecule has 0 N–H and O–H groups in total. The van der Waals surface area contributed by atoms with Gasteiger partial charge in [-0.05, 0) is 43.1 Å². The van der Waals surface area contributed by atoms with Crippen molar-refractivity contribution in [3.8, 4) is 0 Å². The number of ether oxygens (including phenoxy) is 1. The summed E-state index contributed by atoms with van der Waals surface area (Å²) in [7, 11) is 0. The summed E-state index contributed by atoms with van der Waals surface area (Å²) < 4.78 is 6.97. The van der Waals surface area contributed by atoms with Crippen molar-refractivity contribution >= 4 is 23.5 Å². The van der Waals surface area contributed by atoms with Crippen LogP contribution in [0.5, 0.6) is 0 Å². The lowest BCUT2D eigenvalue weighted by Crippen LogP contribution is -2.37. The van der Waals surface area contributed by atoms with Crippen LogP contribution in [0.2, 0.25) is 0 Å². The van der Waals surface area contributed by atoms with E-state index in [4.69, 9.17) is 4.74 Å². The van der Waals surface area contributed by atoms with Crippen molar-refractivity contribution in [1.82, 2.24) is 0 Å². The maximum atomic E-state index is 6.25. The predicted molar refractivity (Wildman–Crippen MR) is 70.7 cm³/mol. The number of hydrogen-bond donors (Lipinski definition) is 0. The van der Waals surface area contributed by atoms with Gasteiger partial charge in [0.2, 0.25) is 0 Å². The molecule has 0 aromatic carbocycles. The molecular weight excluding hydrogens is 224 g/mol. The summed E-state index contributed by atoms with van der Waals surface area (Å²) in [6.45, 7) is 4.57. The molecule has 2 unspecified atom stereocenters. The number of hydrogen-bond acceptors (Lipinski definition) is 3. The maximum absolute atomic E-state index is 6.25. The lowest BCUT2D eigenvalue weighted by Gasteiger charge is -2.37. The Morgan fingerprint density at radius 3 is 2.47 bits per heavy atom. The Labute approximate surface area is 102 Å². The largest absolute Gasteiger partial charge is 0.373 e. The monoisotopic (exact) mass is 246 g/mol. The predicted octanol–water partition coefficient (Wildman–Crippen LogP) is 3.78. The van der Waals surface area contributed by atoms with Crippen molar-refractivity contribution in [2.24, 2.45) is 5.92 Å². The highest BCUT2D eigenvalue weighted by Crippen LogP contribution is 2.39. The molecule has 3 heteroatoms. The van der Waals surface area contributed by atoms with Crippen molar-refractivity contribution in [3.63, 3.8) is 0 Å². The van der Waals surface area contributed by atoms with Gasteiger partial charge in [0.1, 0.15) is 0 Å². The van der Waals surface area contributed by atoms with E-state index in [0.29, 0.717) is 18.1 Å². The summed E-state index contributed by atoms with van der Waals surface area (Å²) in [5, 5.41) is 0. The van der Waals surface area contributed by atoms with Crippen molar-refractivity contribution in [2.75, 3.05) is 11.5 Å². The second-order valence-electron chi connectivity index (χ2n) is 4.85. The molecule has 15 heavy (non-hydrogen) atoms. The lowest BCUT2D eigenvalue weighted by atomic mass is 9.97. The Kier molecular flexibility index (Phi) is 4.71. The fourth-order valence-corrected chi connectivity index (χ4v) is 5.35. The first-order valence-corrected chi connectivity index (χ1v) is 8.26. The molecule has 2 rings (SSSR count). The van der Waals surface area contributed by atoms with Gasteiger partial charge in [0.05, 0.1) is 16.8 Å². The molecule has 0 saturated carbocycles. The first-order chi connectivity index (χ1) is 7.27. The molecule has 2 aliphatic rings. The van der Waals surface area contributed by atoms with E-state index in [2.05, 4.69) is 37.4 Å². The minimum atomic E-state index is 0.520. The molecule has 2 fully saturated rings. The molecule has 88 valence electrons. The zero-order valence-electron chi connectivity index (χ0n) is 9.78. The van der Waals surface area contributed by atoms with Gasteiger partial charge >= 0.3 is 0 Å². The molecule has 0 aromatic rings. The van der Waals surface area contributed by atoms with Crippen LogP contribution in [0.25, 0.3) is 0 Å². The third-order valence-electron chi connectivity index (χ3n) is 3.23. The molecule has 0 spiro atoms. The highest BCUT2D eigenvalue weighted by molar-refractivity contribution is 8.17. The van der Waals surface area contributed by atoms with Crippen LogP contribution >= 0.6 is 23.5 Å². The zero-order valence-corrected chi connectivity index (χ0v) is 11.4. The number of rotatable bonds is 2. The summed E-state index contributed by atoms with van der Waals surface area (Å²) >= 11 is 4.24. The Balaban J connectivity index is 1.85. The quantitative estimate of drug-likeness (QED) is 0.734. The Morgan fingerprint density at radius 2 is 1.80 bits per heavy atom. The molecule has 0 aliphatic carbocycles. The summed E-state index contributed by atoms with van der Waals surface area (Å²) in [5.74, 6) is 3.36. The lowest BCUT2D eigenvalue weighted by molar-refractivity contribution is -0.0627. The van der Waals surface area contributed by atoms with Gasteiger partial charge in [0, 0.05) is 0 Å². The Bertz CT molecular complexity index is 190. The van der Waals surface area contributed by atoms with Gasteiger partial charge < -0.3 is 4.74 Å². The first kappa shape index (κ1) is 12.1. The molecule has 1 nitrogen and oxygen atoms in total. The van der Waals surface area contributed by atoms with Crippen molar-refractivity contribution in [1.29, 1.82) is 0 Å². The van der Waals surface area contributed by atoms with E-state index in [1.165, 1.54) is 37.2 Å². The van der Waals surface area contributed by atoms with Crippen molar-refractivity contribution in [2.45, 2.75) is 56.3 Å². The first-order valence-electron chi connectivity index (χ1n) is 6.16. The van der Waals surface area contributed by atoms with Crippen LogP contribution in [-0.2, 0) is 4.74 Å². The van der Waals surface area contributed by atoms with E-state index in [-0.39, 0.29) is 0 Å². The fourth-order valence-electron chi connectivity index (χ4n) is 2.29. The smallest absolute Gasteiger partial charge is 0.0789 e. The van der Waals surface area contributed by atoms with Gasteiger partial charge in [-0.15, -0.1) is 23.5 Å². The standard InChI is InChI=1S/C12H22OS2/c1-9(2)10-5-3-6-11(13-10)12-14-7-4-8-15-12/h9-12H,3-8H2,1-2H3. The van der Waals surface area contributed by atoms with Crippen LogP contribution in [0.15, 0.2) is 0 Å². The Hall–Kier alpha value is 0.660. The van der Waals surface area contributed by atoms with Crippen molar-refractivity contribution < 1.29 is 4.74 Å². The highest BCUT2D eigenvalue weighted by Gasteiger charge is 2.31. The molecule has 2 aliphatic heterocycles. The molecule has 2 saturated heterocycles. The van der Waals surface area contributed by atoms with E-state index < -0.39 is 0 Å². The van der Waals surface area contributed by atoms with Gasteiger partial charge in [0.15, 0.2) is 0 Å². The second-order valence-corrected chi connectivity index (χ2v) is 7.65. The van der Waals surface area contributed by atoms with Crippen LogP contribution in [0.4, 0.5) is 0 Å². The summed E-state index contributed by atoms with van der Waals surface area (Å²) in [6, 6.07) is 0. The third kappa shape index (κ3) is 3.31. The third-order valence-corrected chi connectivity index (χ3v) is 6.36. The van der Waals surface area contributed by atoms with Gasteiger partial charge in [-0.3, -0.25) is 0 Å². The average molecular weight is 246 g/mol. The second kappa shape index (κ2) is 5.83. The number of thioether (sulfide) groups is 2. The normalized spacial score (nSPS) is 34.6.